The first kappa shape index (κ1) is 38.1. The van der Waals surface area contributed by atoms with Gasteiger partial charge in [-0.15, -0.1) is 56.7 Å². The minimum absolute atomic E-state index is 0.0762. The Kier molecular flexibility index (Phi) is 11.0. The van der Waals surface area contributed by atoms with Crippen LogP contribution in [0.2, 0.25) is 0 Å². The van der Waals surface area contributed by atoms with Gasteiger partial charge in [-0.05, 0) is 135 Å². The number of fused-ring (bicyclic) bond motifs is 4. The van der Waals surface area contributed by atoms with E-state index in [1.165, 1.54) is 96.7 Å². The first-order chi connectivity index (χ1) is 23.3. The average Bonchev–Trinajstić information content (AvgIpc) is 3.91. The van der Waals surface area contributed by atoms with E-state index < -0.39 is 0 Å². The van der Waals surface area contributed by atoms with E-state index in [1.807, 2.05) is 59.2 Å². The molecule has 5 aromatic heterocycles. The SMILES string of the molecule is CC1=C2C(=O)N(C)C(C)=C2C(=O)N1C.Cc1cc2c(C)c3sc(C)cc3c(C)c2s1.Cc1nc(C)c(C)s1.Cc1sc2c(C)c(C)sc2c1C. The van der Waals surface area contributed by atoms with Gasteiger partial charge < -0.3 is 9.80 Å². The highest BCUT2D eigenvalue weighted by atomic mass is 32.1. The molecular weight excluding hydrogens is 715 g/mol. The van der Waals surface area contributed by atoms with Gasteiger partial charge in [0.05, 0.1) is 21.8 Å². The summed E-state index contributed by atoms with van der Waals surface area (Å²) in [6.07, 6.45) is 0. The van der Waals surface area contributed by atoms with Crippen LogP contribution in [0.1, 0.15) is 71.2 Å². The number of amides is 2. The zero-order valence-corrected chi connectivity index (χ0v) is 35.9. The zero-order chi connectivity index (χ0) is 37.1. The number of aromatic nitrogens is 1. The molecule has 2 aliphatic heterocycles. The predicted molar refractivity (Wildman–Crippen MR) is 222 cm³/mol. The molecule has 0 unspecified atom stereocenters. The quantitative estimate of drug-likeness (QED) is 0.155. The van der Waals surface area contributed by atoms with Crippen molar-refractivity contribution in [2.45, 2.75) is 90.0 Å². The molecule has 2 aliphatic rings. The summed E-state index contributed by atoms with van der Waals surface area (Å²) in [5.41, 5.74) is 9.68. The van der Waals surface area contributed by atoms with Crippen LogP contribution >= 0.6 is 56.7 Å². The maximum atomic E-state index is 11.7. The Labute approximate surface area is 316 Å². The van der Waals surface area contributed by atoms with Crippen LogP contribution in [-0.4, -0.2) is 40.7 Å². The lowest BCUT2D eigenvalue weighted by molar-refractivity contribution is -0.123. The summed E-state index contributed by atoms with van der Waals surface area (Å²) in [5.74, 6) is -0.152. The lowest BCUT2D eigenvalue weighted by atomic mass is 10.0. The summed E-state index contributed by atoms with van der Waals surface area (Å²) in [6, 6.07) is 4.66. The van der Waals surface area contributed by atoms with Crippen LogP contribution in [0.5, 0.6) is 0 Å². The first-order valence-corrected chi connectivity index (χ1v) is 20.7. The largest absolute Gasteiger partial charge is 0.315 e. The molecule has 5 nitrogen and oxygen atoms in total. The zero-order valence-electron chi connectivity index (χ0n) is 31.9. The molecule has 10 heteroatoms. The van der Waals surface area contributed by atoms with Gasteiger partial charge >= 0.3 is 0 Å². The van der Waals surface area contributed by atoms with Crippen molar-refractivity contribution in [3.8, 4) is 0 Å². The molecule has 0 saturated heterocycles. The van der Waals surface area contributed by atoms with Crippen LogP contribution in [0.25, 0.3) is 29.6 Å². The predicted octanol–water partition coefficient (Wildman–Crippen LogP) is 12.1. The topological polar surface area (TPSA) is 53.5 Å². The normalized spacial score (nSPS) is 14.1. The fraction of sp³-hybridized carbons (Fsp3) is 0.375. The molecule has 0 spiro atoms. The van der Waals surface area contributed by atoms with Gasteiger partial charge in [0.2, 0.25) is 0 Å². The molecule has 0 radical (unpaired) electrons. The van der Waals surface area contributed by atoms with E-state index in [4.69, 9.17) is 0 Å². The lowest BCUT2D eigenvalue weighted by Crippen LogP contribution is -2.24. The van der Waals surface area contributed by atoms with Crippen molar-refractivity contribution in [2.75, 3.05) is 14.1 Å². The Hall–Kier alpha value is -3.15. The molecule has 0 atom stereocenters. The van der Waals surface area contributed by atoms with E-state index in [0.717, 1.165) is 11.4 Å². The van der Waals surface area contributed by atoms with E-state index in [9.17, 15) is 9.59 Å². The van der Waals surface area contributed by atoms with E-state index in [1.54, 1.807) is 39.3 Å². The second-order valence-corrected chi connectivity index (χ2v) is 19.6. The van der Waals surface area contributed by atoms with Gasteiger partial charge in [-0.2, -0.15) is 0 Å². The van der Waals surface area contributed by atoms with Crippen molar-refractivity contribution in [2.24, 2.45) is 0 Å². The second kappa shape index (κ2) is 14.5. The van der Waals surface area contributed by atoms with Crippen molar-refractivity contribution in [3.63, 3.8) is 0 Å². The smallest absolute Gasteiger partial charge is 0.260 e. The van der Waals surface area contributed by atoms with Gasteiger partial charge in [0.15, 0.2) is 0 Å². The first-order valence-electron chi connectivity index (χ1n) is 16.6. The van der Waals surface area contributed by atoms with E-state index in [0.29, 0.717) is 11.1 Å². The van der Waals surface area contributed by atoms with E-state index >= 15 is 0 Å². The third-order valence-electron chi connectivity index (χ3n) is 9.81. The van der Waals surface area contributed by atoms with Crippen LogP contribution in [0.3, 0.4) is 0 Å². The van der Waals surface area contributed by atoms with Crippen LogP contribution in [-0.2, 0) is 9.59 Å². The third kappa shape index (κ3) is 6.77. The number of allylic oxidation sites excluding steroid dienone is 2. The summed E-state index contributed by atoms with van der Waals surface area (Å²) < 4.78 is 5.96. The van der Waals surface area contributed by atoms with Crippen LogP contribution < -0.4 is 0 Å². The Morgan fingerprint density at radius 3 is 1.16 bits per heavy atom. The molecule has 0 aliphatic carbocycles. The van der Waals surface area contributed by atoms with Crippen LogP contribution in [0.15, 0.2) is 34.7 Å². The molecule has 8 rings (SSSR count). The Bertz CT molecular complexity index is 2170. The van der Waals surface area contributed by atoms with Crippen molar-refractivity contribution < 1.29 is 9.59 Å². The van der Waals surface area contributed by atoms with Crippen LogP contribution in [0, 0.1) is 76.2 Å². The van der Waals surface area contributed by atoms with Gasteiger partial charge in [-0.25, -0.2) is 4.98 Å². The number of nitrogens with zero attached hydrogens (tertiary/aromatic N) is 3. The summed E-state index contributed by atoms with van der Waals surface area (Å²) in [5, 5.41) is 4.07. The third-order valence-corrected chi connectivity index (χ3v) is 15.9. The number of carbonyl (C=O) groups excluding carboxylic acids is 2. The van der Waals surface area contributed by atoms with Gasteiger partial charge in [0.1, 0.15) is 0 Å². The van der Waals surface area contributed by atoms with Gasteiger partial charge in [0, 0.05) is 68.7 Å². The number of likely N-dealkylation sites (N-methyl/N-ethyl adjacent to an activating group) is 2. The molecule has 50 heavy (non-hydrogen) atoms. The maximum Gasteiger partial charge on any atom is 0.260 e. The number of aryl methyl sites for hydroxylation is 11. The monoisotopic (exact) mass is 761 g/mol. The summed E-state index contributed by atoms with van der Waals surface area (Å²) >= 11 is 9.47. The van der Waals surface area contributed by atoms with Crippen LogP contribution in [0.4, 0.5) is 0 Å². The molecule has 7 heterocycles. The number of benzene rings is 1. The molecular formula is C40H47N3O2S5. The van der Waals surface area contributed by atoms with Crippen molar-refractivity contribution >= 4 is 98.1 Å². The minimum Gasteiger partial charge on any atom is -0.315 e. The van der Waals surface area contributed by atoms with Crippen molar-refractivity contribution in [1.82, 2.24) is 14.8 Å². The second-order valence-electron chi connectivity index (χ2n) is 13.2. The Morgan fingerprint density at radius 2 is 0.860 bits per heavy atom. The minimum atomic E-state index is -0.0762. The molecule has 6 aromatic rings. The highest BCUT2D eigenvalue weighted by Crippen LogP contribution is 2.41. The number of rotatable bonds is 0. The Balaban J connectivity index is 0.000000133. The highest BCUT2D eigenvalue weighted by Gasteiger charge is 2.42. The lowest BCUT2D eigenvalue weighted by Gasteiger charge is -2.15. The molecule has 0 N–H and O–H groups in total. The summed E-state index contributed by atoms with van der Waals surface area (Å²) in [4.78, 5) is 37.9. The fourth-order valence-corrected chi connectivity index (χ4v) is 11.8. The number of thiazole rings is 1. The number of hydrogen-bond acceptors (Lipinski definition) is 8. The summed E-state index contributed by atoms with van der Waals surface area (Å²) in [6.45, 7) is 27.5. The average molecular weight is 762 g/mol. The van der Waals surface area contributed by atoms with Crippen molar-refractivity contribution in [3.05, 3.63) is 92.0 Å². The van der Waals surface area contributed by atoms with Crippen molar-refractivity contribution in [1.29, 1.82) is 0 Å². The van der Waals surface area contributed by atoms with Gasteiger partial charge in [-0.3, -0.25) is 9.59 Å². The number of carbonyl (C=O) groups is 2. The van der Waals surface area contributed by atoms with E-state index in [2.05, 4.69) is 79.4 Å². The number of hydrogen-bond donors (Lipinski definition) is 0. The molecule has 0 saturated carbocycles. The number of thiophene rings is 4. The van der Waals surface area contributed by atoms with Gasteiger partial charge in [-0.1, -0.05) is 0 Å². The summed E-state index contributed by atoms with van der Waals surface area (Å²) in [7, 11) is 3.38. The molecule has 2 amide bonds. The Morgan fingerprint density at radius 1 is 0.480 bits per heavy atom. The highest BCUT2D eigenvalue weighted by molar-refractivity contribution is 7.28. The maximum absolute atomic E-state index is 11.7. The molecule has 0 bridgehead atoms. The molecule has 1 aromatic carbocycles. The standard InChI is InChI=1S/C14H14S2.C10H12N2O2.C10H12S2.C6H9NS/c1-7-5-11-9(3)14-12(6-8(2)16-14)10(4)13(11)15-7;1-5-7-8(10(14)11(5)3)6(2)12(4)9(7)13;1-5-7(3)11-10-6(2)8(4)12-9(5)10;1-4-5(2)8-6(3)7-4/h5-6H,1-4H3;1-4H3;1-4H3;1-3H3. The molecule has 264 valence electrons. The fourth-order valence-electron chi connectivity index (χ4n) is 6.25. The van der Waals surface area contributed by atoms with Gasteiger partial charge in [0.25, 0.3) is 11.8 Å². The molecule has 0 fully saturated rings. The van der Waals surface area contributed by atoms with E-state index in [-0.39, 0.29) is 11.8 Å².